The number of hydrogen-bond acceptors (Lipinski definition) is 5. The van der Waals surface area contributed by atoms with Gasteiger partial charge in [0.05, 0.1) is 5.56 Å². The van der Waals surface area contributed by atoms with Crippen molar-refractivity contribution in [3.05, 3.63) is 75.9 Å². The number of carboxylic acid groups (broad SMARTS) is 1. The number of rotatable bonds is 7. The van der Waals surface area contributed by atoms with Crippen molar-refractivity contribution in [3.8, 4) is 28.2 Å². The summed E-state index contributed by atoms with van der Waals surface area (Å²) >= 11 is 3.35. The van der Waals surface area contributed by atoms with Crippen molar-refractivity contribution in [2.45, 2.75) is 19.3 Å². The standard InChI is InChI=1S/C25H19BrO6/c26-10-2-1-3-21(29)14-4-7-17(25(30)31)20(11-14)24-18-8-5-15(27)12-22(18)32-23-13-16(28)6-9-19(23)24/h4-9,11-13,27H,1-3,10H2,(H,30,31). The zero-order chi connectivity index (χ0) is 22.8. The summed E-state index contributed by atoms with van der Waals surface area (Å²) in [7, 11) is 0. The average molecular weight is 495 g/mol. The van der Waals surface area contributed by atoms with E-state index in [9.17, 15) is 24.6 Å². The Morgan fingerprint density at radius 2 is 1.75 bits per heavy atom. The molecule has 6 nitrogen and oxygen atoms in total. The van der Waals surface area contributed by atoms with Gasteiger partial charge in [-0.1, -0.05) is 22.0 Å². The zero-order valence-electron chi connectivity index (χ0n) is 16.9. The number of carboxylic acids is 1. The van der Waals surface area contributed by atoms with E-state index in [4.69, 9.17) is 4.42 Å². The molecule has 2 aliphatic rings. The number of benzene rings is 3. The first kappa shape index (κ1) is 21.8. The fraction of sp³-hybridized carbons (Fsp3) is 0.160. The Labute approximate surface area is 191 Å². The van der Waals surface area contributed by atoms with Crippen molar-refractivity contribution in [2.75, 3.05) is 5.33 Å². The lowest BCUT2D eigenvalue weighted by molar-refractivity contribution is 0.0697. The summed E-state index contributed by atoms with van der Waals surface area (Å²) in [5.74, 6) is -0.979. The van der Waals surface area contributed by atoms with E-state index in [1.807, 2.05) is 0 Å². The number of carbonyl (C=O) groups is 2. The molecule has 0 aromatic heterocycles. The summed E-state index contributed by atoms with van der Waals surface area (Å²) in [4.78, 5) is 36.7. The third-order valence-electron chi connectivity index (χ3n) is 5.31. The van der Waals surface area contributed by atoms with E-state index in [1.54, 1.807) is 18.2 Å². The lowest BCUT2D eigenvalue weighted by Gasteiger charge is -2.17. The smallest absolute Gasteiger partial charge is 0.336 e. The van der Waals surface area contributed by atoms with Gasteiger partial charge in [-0.05, 0) is 54.8 Å². The first-order valence-electron chi connectivity index (χ1n) is 10.1. The van der Waals surface area contributed by atoms with Gasteiger partial charge in [0.2, 0.25) is 0 Å². The highest BCUT2D eigenvalue weighted by molar-refractivity contribution is 9.09. The average Bonchev–Trinajstić information content (AvgIpc) is 2.76. The molecule has 0 saturated carbocycles. The van der Waals surface area contributed by atoms with E-state index >= 15 is 0 Å². The molecule has 32 heavy (non-hydrogen) atoms. The molecule has 4 rings (SSSR count). The summed E-state index contributed by atoms with van der Waals surface area (Å²) in [6, 6.07) is 13.3. The maximum absolute atomic E-state index is 12.7. The monoisotopic (exact) mass is 494 g/mol. The number of ketones is 1. The number of aromatic carboxylic acids is 1. The molecule has 1 heterocycles. The van der Waals surface area contributed by atoms with Crippen molar-refractivity contribution < 1.29 is 24.2 Å². The van der Waals surface area contributed by atoms with E-state index in [0.717, 1.165) is 18.2 Å². The lowest BCUT2D eigenvalue weighted by atomic mass is 9.89. The molecule has 0 atom stereocenters. The lowest BCUT2D eigenvalue weighted by Crippen LogP contribution is -2.06. The van der Waals surface area contributed by atoms with Gasteiger partial charge in [-0.2, -0.15) is 0 Å². The SMILES string of the molecule is O=C(CCCCBr)c1ccc(C(=O)O)c(-c2c3ccc(=O)cc-3oc3cc(O)ccc23)c1. The summed E-state index contributed by atoms with van der Waals surface area (Å²) in [5, 5.41) is 21.1. The van der Waals surface area contributed by atoms with Crippen molar-refractivity contribution >= 4 is 38.7 Å². The number of halogens is 1. The number of unbranched alkanes of at least 4 members (excludes halogenated alkanes) is 1. The molecule has 2 aromatic rings. The van der Waals surface area contributed by atoms with Crippen LogP contribution in [0.15, 0.2) is 63.8 Å². The summed E-state index contributed by atoms with van der Waals surface area (Å²) in [5.41, 5.74) is 1.88. The Morgan fingerprint density at radius 1 is 0.938 bits per heavy atom. The molecule has 2 N–H and O–H groups in total. The fourth-order valence-corrected chi connectivity index (χ4v) is 4.18. The van der Waals surface area contributed by atoms with E-state index in [1.165, 1.54) is 36.4 Å². The first-order valence-corrected chi connectivity index (χ1v) is 11.2. The molecule has 2 aromatic carbocycles. The molecule has 0 spiro atoms. The highest BCUT2D eigenvalue weighted by Gasteiger charge is 2.23. The molecule has 0 unspecified atom stereocenters. The Kier molecular flexibility index (Phi) is 6.10. The van der Waals surface area contributed by atoms with Crippen molar-refractivity contribution in [3.63, 3.8) is 0 Å². The zero-order valence-corrected chi connectivity index (χ0v) is 18.5. The Balaban J connectivity index is 2.01. The van der Waals surface area contributed by atoms with Gasteiger partial charge in [-0.15, -0.1) is 0 Å². The van der Waals surface area contributed by atoms with Gasteiger partial charge < -0.3 is 14.6 Å². The quantitative estimate of drug-likeness (QED) is 0.147. The number of phenolic OH excluding ortho intramolecular Hbond substituents is 1. The van der Waals surface area contributed by atoms with Gasteiger partial charge in [-0.25, -0.2) is 4.79 Å². The topological polar surface area (TPSA) is 105 Å². The highest BCUT2D eigenvalue weighted by Crippen LogP contribution is 2.42. The second-order valence-electron chi connectivity index (χ2n) is 7.45. The number of Topliss-reactive ketones (excluding diaryl/α,β-unsaturated/α-hetero) is 1. The number of hydrogen-bond donors (Lipinski definition) is 2. The summed E-state index contributed by atoms with van der Waals surface area (Å²) < 4.78 is 5.83. The van der Waals surface area contributed by atoms with Crippen LogP contribution in [0.25, 0.3) is 33.4 Å². The van der Waals surface area contributed by atoms with Crippen molar-refractivity contribution in [2.24, 2.45) is 0 Å². The van der Waals surface area contributed by atoms with Crippen LogP contribution in [0.4, 0.5) is 0 Å². The first-order chi connectivity index (χ1) is 15.4. The van der Waals surface area contributed by atoms with Gasteiger partial charge in [0.1, 0.15) is 17.1 Å². The minimum absolute atomic E-state index is 0.0232. The molecule has 1 aliphatic carbocycles. The molecular weight excluding hydrogens is 476 g/mol. The number of alkyl halides is 1. The molecule has 1 aliphatic heterocycles. The molecule has 0 bridgehead atoms. The largest absolute Gasteiger partial charge is 0.508 e. The third kappa shape index (κ3) is 4.16. The Bertz CT molecular complexity index is 1370. The van der Waals surface area contributed by atoms with Crippen LogP contribution < -0.4 is 5.43 Å². The van der Waals surface area contributed by atoms with Gasteiger partial charge >= 0.3 is 5.97 Å². The molecular formula is C25H19BrO6. The van der Waals surface area contributed by atoms with Crippen LogP contribution in [0.5, 0.6) is 5.75 Å². The van der Waals surface area contributed by atoms with E-state index in [2.05, 4.69) is 15.9 Å². The second-order valence-corrected chi connectivity index (χ2v) is 8.24. The maximum Gasteiger partial charge on any atom is 0.336 e. The van der Waals surface area contributed by atoms with Crippen molar-refractivity contribution in [1.29, 1.82) is 0 Å². The molecule has 0 amide bonds. The highest BCUT2D eigenvalue weighted by atomic mass is 79.9. The minimum atomic E-state index is -1.14. The van der Waals surface area contributed by atoms with Crippen LogP contribution in [-0.2, 0) is 0 Å². The third-order valence-corrected chi connectivity index (χ3v) is 5.87. The fourth-order valence-electron chi connectivity index (χ4n) is 3.78. The van der Waals surface area contributed by atoms with Crippen LogP contribution in [0.3, 0.4) is 0 Å². The van der Waals surface area contributed by atoms with Gasteiger partial charge in [0.25, 0.3) is 0 Å². The second kappa shape index (κ2) is 8.96. The van der Waals surface area contributed by atoms with E-state index in [-0.39, 0.29) is 28.3 Å². The van der Waals surface area contributed by atoms with Crippen LogP contribution in [0.2, 0.25) is 0 Å². The maximum atomic E-state index is 12.7. The summed E-state index contributed by atoms with van der Waals surface area (Å²) in [6.07, 6.45) is 1.94. The predicted octanol–water partition coefficient (Wildman–Crippen LogP) is 5.72. The van der Waals surface area contributed by atoms with Crippen LogP contribution in [0.1, 0.15) is 40.0 Å². The van der Waals surface area contributed by atoms with Crippen LogP contribution in [0, 0.1) is 0 Å². The number of fused-ring (bicyclic) bond motifs is 2. The van der Waals surface area contributed by atoms with E-state index in [0.29, 0.717) is 39.6 Å². The number of carbonyl (C=O) groups excluding carboxylic acids is 1. The normalized spacial score (nSPS) is 11.2. The van der Waals surface area contributed by atoms with Crippen LogP contribution >= 0.6 is 15.9 Å². The predicted molar refractivity (Wildman–Crippen MR) is 125 cm³/mol. The van der Waals surface area contributed by atoms with Gasteiger partial charge in [0.15, 0.2) is 11.2 Å². The van der Waals surface area contributed by atoms with Gasteiger partial charge in [-0.3, -0.25) is 9.59 Å². The molecule has 162 valence electrons. The number of phenols is 1. The Morgan fingerprint density at radius 3 is 2.50 bits per heavy atom. The molecule has 0 saturated heterocycles. The minimum Gasteiger partial charge on any atom is -0.508 e. The van der Waals surface area contributed by atoms with Crippen LogP contribution in [-0.4, -0.2) is 27.3 Å². The summed E-state index contributed by atoms with van der Waals surface area (Å²) in [6.45, 7) is 0. The van der Waals surface area contributed by atoms with E-state index < -0.39 is 5.97 Å². The van der Waals surface area contributed by atoms with Crippen molar-refractivity contribution in [1.82, 2.24) is 0 Å². The molecule has 0 fully saturated rings. The molecule has 7 heteroatoms. The number of aromatic hydroxyl groups is 1. The molecule has 0 radical (unpaired) electrons. The van der Waals surface area contributed by atoms with Gasteiger partial charge in [0, 0.05) is 46.0 Å². The Hall–Kier alpha value is -3.45.